The Morgan fingerprint density at radius 1 is 1.09 bits per heavy atom. The number of carbonyl (C=O) groups is 1. The fourth-order valence-electron chi connectivity index (χ4n) is 4.41. The van der Waals surface area contributed by atoms with Crippen molar-refractivity contribution in [3.05, 3.63) is 53.1 Å². The number of rotatable bonds is 6. The minimum Gasteiger partial charge on any atom is -0.492 e. The predicted octanol–water partition coefficient (Wildman–Crippen LogP) is 3.02. The van der Waals surface area contributed by atoms with E-state index in [2.05, 4.69) is 4.90 Å². The van der Waals surface area contributed by atoms with Crippen molar-refractivity contribution in [1.29, 1.82) is 0 Å². The summed E-state index contributed by atoms with van der Waals surface area (Å²) in [5.74, 6) is 0.743. The molecule has 2 heterocycles. The Morgan fingerprint density at radius 2 is 1.78 bits per heavy atom. The number of sulfonamides is 1. The Morgan fingerprint density at radius 3 is 2.44 bits per heavy atom. The van der Waals surface area contributed by atoms with Crippen LogP contribution in [0.4, 0.5) is 5.69 Å². The van der Waals surface area contributed by atoms with Gasteiger partial charge in [-0.15, -0.1) is 0 Å². The zero-order valence-electron chi connectivity index (χ0n) is 18.3. The molecule has 0 aromatic heterocycles. The molecule has 7 nitrogen and oxygen atoms in total. The second-order valence-corrected chi connectivity index (χ2v) is 10.7. The maximum Gasteiger partial charge on any atom is 0.243 e. The number of hydrogen-bond acceptors (Lipinski definition) is 5. The van der Waals surface area contributed by atoms with E-state index < -0.39 is 10.0 Å². The first-order valence-electron chi connectivity index (χ1n) is 10.8. The molecule has 32 heavy (non-hydrogen) atoms. The van der Waals surface area contributed by atoms with Crippen molar-refractivity contribution < 1.29 is 17.9 Å². The van der Waals surface area contributed by atoms with Crippen molar-refractivity contribution >= 4 is 33.2 Å². The van der Waals surface area contributed by atoms with Crippen LogP contribution in [0, 0.1) is 0 Å². The molecular weight excluding hydrogens is 450 g/mol. The van der Waals surface area contributed by atoms with E-state index in [1.165, 1.54) is 6.92 Å². The SMILES string of the molecule is CC(=O)N1c2ccc(S(=O)(=O)N3CCN(CCOc4ccc(Cl)cc4)CC3)cc2CC1C. The van der Waals surface area contributed by atoms with Gasteiger partial charge in [-0.05, 0) is 61.4 Å². The Balaban J connectivity index is 1.33. The molecule has 1 saturated heterocycles. The fraction of sp³-hybridized carbons (Fsp3) is 0.435. The summed E-state index contributed by atoms with van der Waals surface area (Å²) in [5.41, 5.74) is 1.72. The smallest absolute Gasteiger partial charge is 0.243 e. The normalized spacial score (nSPS) is 19.7. The summed E-state index contributed by atoms with van der Waals surface area (Å²) in [5, 5.41) is 0.670. The van der Waals surface area contributed by atoms with E-state index >= 15 is 0 Å². The first-order chi connectivity index (χ1) is 15.3. The van der Waals surface area contributed by atoms with Crippen LogP contribution in [0.1, 0.15) is 19.4 Å². The lowest BCUT2D eigenvalue weighted by atomic mass is 10.1. The molecule has 1 atom stereocenters. The highest BCUT2D eigenvalue weighted by Gasteiger charge is 2.33. The van der Waals surface area contributed by atoms with Gasteiger partial charge >= 0.3 is 0 Å². The minimum absolute atomic E-state index is 0.0250. The van der Waals surface area contributed by atoms with Crippen molar-refractivity contribution in [2.45, 2.75) is 31.2 Å². The number of ether oxygens (including phenoxy) is 1. The molecule has 0 N–H and O–H groups in total. The van der Waals surface area contributed by atoms with Gasteiger partial charge in [0.2, 0.25) is 15.9 Å². The molecule has 2 aromatic rings. The first-order valence-corrected chi connectivity index (χ1v) is 12.6. The maximum absolute atomic E-state index is 13.2. The number of hydrogen-bond donors (Lipinski definition) is 0. The van der Waals surface area contributed by atoms with Crippen molar-refractivity contribution in [3.8, 4) is 5.75 Å². The second kappa shape index (κ2) is 9.39. The Bertz CT molecular complexity index is 1080. The molecular formula is C23H28ClN3O4S. The van der Waals surface area contributed by atoms with Gasteiger partial charge < -0.3 is 9.64 Å². The molecule has 0 bridgehead atoms. The van der Waals surface area contributed by atoms with Gasteiger partial charge in [0.05, 0.1) is 4.90 Å². The number of halogens is 1. The Labute approximate surface area is 194 Å². The topological polar surface area (TPSA) is 70.2 Å². The van der Waals surface area contributed by atoms with E-state index in [1.807, 2.05) is 19.1 Å². The van der Waals surface area contributed by atoms with Gasteiger partial charge in [-0.2, -0.15) is 4.31 Å². The molecule has 1 unspecified atom stereocenters. The molecule has 4 rings (SSSR count). The van der Waals surface area contributed by atoms with E-state index in [0.717, 1.165) is 23.5 Å². The van der Waals surface area contributed by atoms with Crippen LogP contribution >= 0.6 is 11.6 Å². The summed E-state index contributed by atoms with van der Waals surface area (Å²) in [6, 6.07) is 12.4. The molecule has 0 radical (unpaired) electrons. The summed E-state index contributed by atoms with van der Waals surface area (Å²) in [6.07, 6.45) is 0.666. The standard InChI is InChI=1S/C23H28ClN3O4S/c1-17-15-19-16-22(7-8-23(19)27(17)18(2)28)32(29,30)26-11-9-25(10-12-26)13-14-31-21-5-3-20(24)4-6-21/h3-8,16-17H,9-15H2,1-2H3. The summed E-state index contributed by atoms with van der Waals surface area (Å²) < 4.78 is 33.7. The van der Waals surface area contributed by atoms with E-state index in [1.54, 1.807) is 39.5 Å². The van der Waals surface area contributed by atoms with Crippen LogP contribution in [-0.2, 0) is 21.2 Å². The molecule has 0 saturated carbocycles. The van der Waals surface area contributed by atoms with E-state index in [4.69, 9.17) is 16.3 Å². The summed E-state index contributed by atoms with van der Waals surface area (Å²) in [7, 11) is -3.57. The predicted molar refractivity (Wildman–Crippen MR) is 125 cm³/mol. The molecule has 172 valence electrons. The zero-order chi connectivity index (χ0) is 22.9. The van der Waals surface area contributed by atoms with Crippen molar-refractivity contribution in [3.63, 3.8) is 0 Å². The van der Waals surface area contributed by atoms with Crippen LogP contribution in [0.5, 0.6) is 5.75 Å². The molecule has 2 aliphatic rings. The second-order valence-electron chi connectivity index (χ2n) is 8.28. The number of benzene rings is 2. The third kappa shape index (κ3) is 4.78. The van der Waals surface area contributed by atoms with E-state index in [-0.39, 0.29) is 11.9 Å². The highest BCUT2D eigenvalue weighted by atomic mass is 35.5. The summed E-state index contributed by atoms with van der Waals surface area (Å²) in [4.78, 5) is 16.2. The lowest BCUT2D eigenvalue weighted by molar-refractivity contribution is -0.116. The maximum atomic E-state index is 13.2. The van der Waals surface area contributed by atoms with Crippen LogP contribution in [0.15, 0.2) is 47.4 Å². The number of nitrogens with zero attached hydrogens (tertiary/aromatic N) is 3. The van der Waals surface area contributed by atoms with E-state index in [9.17, 15) is 13.2 Å². The fourth-order valence-corrected chi connectivity index (χ4v) is 6.01. The Hall–Kier alpha value is -2.13. The van der Waals surface area contributed by atoms with Crippen molar-refractivity contribution in [2.75, 3.05) is 44.2 Å². The highest BCUT2D eigenvalue weighted by Crippen LogP contribution is 2.34. The van der Waals surface area contributed by atoms with Crippen LogP contribution in [0.25, 0.3) is 0 Å². The van der Waals surface area contributed by atoms with Gasteiger partial charge in [-0.1, -0.05) is 11.6 Å². The van der Waals surface area contributed by atoms with E-state index in [0.29, 0.717) is 49.1 Å². The lowest BCUT2D eigenvalue weighted by Gasteiger charge is -2.33. The average Bonchev–Trinajstić information content (AvgIpc) is 3.10. The first kappa shape index (κ1) is 23.0. The minimum atomic E-state index is -3.57. The van der Waals surface area contributed by atoms with Crippen LogP contribution in [-0.4, -0.2) is 68.9 Å². The molecule has 0 spiro atoms. The third-order valence-electron chi connectivity index (χ3n) is 6.06. The van der Waals surface area contributed by atoms with Crippen molar-refractivity contribution in [2.24, 2.45) is 0 Å². The number of anilines is 1. The summed E-state index contributed by atoms with van der Waals surface area (Å²) in [6.45, 7) is 6.97. The largest absolute Gasteiger partial charge is 0.492 e. The number of amides is 1. The quantitative estimate of drug-likeness (QED) is 0.639. The lowest BCUT2D eigenvalue weighted by Crippen LogP contribution is -2.49. The summed E-state index contributed by atoms with van der Waals surface area (Å²) >= 11 is 5.88. The van der Waals surface area contributed by atoms with Crippen molar-refractivity contribution in [1.82, 2.24) is 9.21 Å². The molecule has 1 fully saturated rings. The monoisotopic (exact) mass is 477 g/mol. The van der Waals surface area contributed by atoms with Gasteiger partial charge in [-0.25, -0.2) is 8.42 Å². The Kier molecular flexibility index (Phi) is 6.76. The third-order valence-corrected chi connectivity index (χ3v) is 8.21. The molecule has 9 heteroatoms. The van der Waals surface area contributed by atoms with Gasteiger partial charge in [0, 0.05) is 56.4 Å². The number of piperazine rings is 1. The number of fused-ring (bicyclic) bond motifs is 1. The van der Waals surface area contributed by atoms with Crippen LogP contribution in [0.3, 0.4) is 0 Å². The van der Waals surface area contributed by atoms with Crippen LogP contribution < -0.4 is 9.64 Å². The van der Waals surface area contributed by atoms with Gasteiger partial charge in [-0.3, -0.25) is 9.69 Å². The van der Waals surface area contributed by atoms with Gasteiger partial charge in [0.1, 0.15) is 12.4 Å². The molecule has 2 aliphatic heterocycles. The highest BCUT2D eigenvalue weighted by molar-refractivity contribution is 7.89. The van der Waals surface area contributed by atoms with Crippen LogP contribution in [0.2, 0.25) is 5.02 Å². The molecule has 2 aromatic carbocycles. The average molecular weight is 478 g/mol. The molecule has 0 aliphatic carbocycles. The molecule has 1 amide bonds. The van der Waals surface area contributed by atoms with Gasteiger partial charge in [0.15, 0.2) is 0 Å². The van der Waals surface area contributed by atoms with Gasteiger partial charge in [0.25, 0.3) is 0 Å². The number of carbonyl (C=O) groups excluding carboxylic acids is 1. The zero-order valence-corrected chi connectivity index (χ0v) is 19.9.